The van der Waals surface area contributed by atoms with Gasteiger partial charge in [-0.15, -0.1) is 0 Å². The monoisotopic (exact) mass is 219 g/mol. The third kappa shape index (κ3) is 1.56. The Balaban J connectivity index is 2.56. The molecule has 5 heteroatoms. The van der Waals surface area contributed by atoms with Crippen LogP contribution in [0.3, 0.4) is 0 Å². The number of nitrogens with one attached hydrogen (secondary N) is 1. The van der Waals surface area contributed by atoms with Crippen LogP contribution in [0, 0.1) is 0 Å². The highest BCUT2D eigenvalue weighted by molar-refractivity contribution is 6.05. The fourth-order valence-corrected chi connectivity index (χ4v) is 1.59. The number of hydrogen-bond donors (Lipinski definition) is 3. The van der Waals surface area contributed by atoms with Crippen LogP contribution < -0.4 is 11.5 Å². The van der Waals surface area contributed by atoms with Crippen molar-refractivity contribution in [3.8, 4) is 0 Å². The maximum Gasteiger partial charge on any atom is 0.356 e. The van der Waals surface area contributed by atoms with E-state index in [0.29, 0.717) is 18.0 Å². The molecule has 5 N–H and O–H groups in total. The lowest BCUT2D eigenvalue weighted by Gasteiger charge is -1.99. The SMILES string of the molecule is CCOC(=O)c1[nH]c2ccc(N)cc2c1N. The highest BCUT2D eigenvalue weighted by Gasteiger charge is 2.16. The molecule has 0 aliphatic carbocycles. The standard InChI is InChI=1S/C11H13N3O2/c1-2-16-11(15)10-9(13)7-5-6(12)3-4-8(7)14-10/h3-5,14H,2,12-13H2,1H3. The Morgan fingerprint density at radius 1 is 1.44 bits per heavy atom. The first-order chi connectivity index (χ1) is 7.63. The molecule has 2 rings (SSSR count). The van der Waals surface area contributed by atoms with E-state index in [1.54, 1.807) is 25.1 Å². The van der Waals surface area contributed by atoms with Crippen molar-refractivity contribution in [2.45, 2.75) is 6.92 Å². The van der Waals surface area contributed by atoms with Gasteiger partial charge in [0, 0.05) is 16.6 Å². The molecule has 1 heterocycles. The predicted molar refractivity (Wildman–Crippen MR) is 63.1 cm³/mol. The van der Waals surface area contributed by atoms with Gasteiger partial charge in [-0.25, -0.2) is 4.79 Å². The number of benzene rings is 1. The second-order valence-electron chi connectivity index (χ2n) is 3.44. The zero-order valence-electron chi connectivity index (χ0n) is 8.91. The number of aromatic amines is 1. The summed E-state index contributed by atoms with van der Waals surface area (Å²) < 4.78 is 4.89. The number of carbonyl (C=O) groups excluding carboxylic acids is 1. The first kappa shape index (κ1) is 10.4. The molecule has 0 fully saturated rings. The Morgan fingerprint density at radius 2 is 2.19 bits per heavy atom. The summed E-state index contributed by atoms with van der Waals surface area (Å²) in [6, 6.07) is 5.25. The minimum Gasteiger partial charge on any atom is -0.461 e. The van der Waals surface area contributed by atoms with Gasteiger partial charge in [-0.05, 0) is 25.1 Å². The third-order valence-electron chi connectivity index (χ3n) is 2.34. The van der Waals surface area contributed by atoms with E-state index in [9.17, 15) is 4.79 Å². The van der Waals surface area contributed by atoms with Crippen LogP contribution in [-0.2, 0) is 4.74 Å². The van der Waals surface area contributed by atoms with Crippen LogP contribution in [-0.4, -0.2) is 17.6 Å². The summed E-state index contributed by atoms with van der Waals surface area (Å²) in [6.45, 7) is 2.06. The Bertz CT molecular complexity index is 545. The number of aromatic nitrogens is 1. The number of nitrogen functional groups attached to an aromatic ring is 2. The molecule has 0 saturated carbocycles. The van der Waals surface area contributed by atoms with Crippen LogP contribution in [0.25, 0.3) is 10.9 Å². The molecule has 1 aromatic heterocycles. The summed E-state index contributed by atoms with van der Waals surface area (Å²) in [5.74, 6) is -0.449. The van der Waals surface area contributed by atoms with Crippen LogP contribution in [0.5, 0.6) is 0 Å². The van der Waals surface area contributed by atoms with E-state index in [1.165, 1.54) is 0 Å². The van der Waals surface area contributed by atoms with Gasteiger partial charge in [0.2, 0.25) is 0 Å². The van der Waals surface area contributed by atoms with Gasteiger partial charge in [0.05, 0.1) is 12.3 Å². The van der Waals surface area contributed by atoms with Crippen LogP contribution in [0.15, 0.2) is 18.2 Å². The van der Waals surface area contributed by atoms with Gasteiger partial charge in [-0.1, -0.05) is 0 Å². The molecule has 0 bridgehead atoms. The summed E-state index contributed by atoms with van der Waals surface area (Å²) in [4.78, 5) is 14.5. The van der Waals surface area contributed by atoms with Crippen LogP contribution in [0.4, 0.5) is 11.4 Å². The van der Waals surface area contributed by atoms with Gasteiger partial charge in [0.15, 0.2) is 0 Å². The number of rotatable bonds is 2. The van der Waals surface area contributed by atoms with Crippen LogP contribution in [0.1, 0.15) is 17.4 Å². The first-order valence-electron chi connectivity index (χ1n) is 4.97. The molecule has 5 nitrogen and oxygen atoms in total. The number of nitrogens with two attached hydrogens (primary N) is 2. The molecule has 0 atom stereocenters. The average Bonchev–Trinajstić information content (AvgIpc) is 2.57. The second kappa shape index (κ2) is 3.77. The minimum atomic E-state index is -0.449. The quantitative estimate of drug-likeness (QED) is 0.527. The smallest absolute Gasteiger partial charge is 0.356 e. The van der Waals surface area contributed by atoms with E-state index in [-0.39, 0.29) is 5.69 Å². The summed E-state index contributed by atoms with van der Waals surface area (Å²) in [5, 5.41) is 0.739. The van der Waals surface area contributed by atoms with Gasteiger partial charge in [-0.2, -0.15) is 0 Å². The largest absolute Gasteiger partial charge is 0.461 e. The van der Waals surface area contributed by atoms with Crippen molar-refractivity contribution in [2.75, 3.05) is 18.1 Å². The van der Waals surface area contributed by atoms with Crippen molar-refractivity contribution in [1.82, 2.24) is 4.98 Å². The van der Waals surface area contributed by atoms with Crippen molar-refractivity contribution < 1.29 is 9.53 Å². The highest BCUT2D eigenvalue weighted by atomic mass is 16.5. The van der Waals surface area contributed by atoms with Gasteiger partial charge in [0.1, 0.15) is 5.69 Å². The Morgan fingerprint density at radius 3 is 2.88 bits per heavy atom. The van der Waals surface area contributed by atoms with Crippen molar-refractivity contribution in [3.05, 3.63) is 23.9 Å². The van der Waals surface area contributed by atoms with Gasteiger partial charge in [-0.3, -0.25) is 0 Å². The molecule has 0 saturated heterocycles. The Hall–Kier alpha value is -2.17. The molecule has 0 spiro atoms. The van der Waals surface area contributed by atoms with E-state index < -0.39 is 5.97 Å². The normalized spacial score (nSPS) is 10.6. The average molecular weight is 219 g/mol. The number of ether oxygens (including phenoxy) is 1. The van der Waals surface area contributed by atoms with Crippen molar-refractivity contribution in [2.24, 2.45) is 0 Å². The molecular formula is C11H13N3O2. The zero-order chi connectivity index (χ0) is 11.7. The lowest BCUT2D eigenvalue weighted by molar-refractivity contribution is 0.0522. The third-order valence-corrected chi connectivity index (χ3v) is 2.34. The van der Waals surface area contributed by atoms with Gasteiger partial charge in [0.25, 0.3) is 0 Å². The van der Waals surface area contributed by atoms with Crippen LogP contribution >= 0.6 is 0 Å². The van der Waals surface area contributed by atoms with Crippen LogP contribution in [0.2, 0.25) is 0 Å². The molecular weight excluding hydrogens is 206 g/mol. The van der Waals surface area contributed by atoms with E-state index >= 15 is 0 Å². The molecule has 0 amide bonds. The van der Waals surface area contributed by atoms with Gasteiger partial charge < -0.3 is 21.2 Å². The maximum absolute atomic E-state index is 11.6. The highest BCUT2D eigenvalue weighted by Crippen LogP contribution is 2.27. The van der Waals surface area contributed by atoms with Crippen molar-refractivity contribution >= 4 is 28.2 Å². The molecule has 84 valence electrons. The molecule has 2 aromatic rings. The van der Waals surface area contributed by atoms with E-state index in [2.05, 4.69) is 4.98 Å². The summed E-state index contributed by atoms with van der Waals surface area (Å²) in [6.07, 6.45) is 0. The molecule has 0 aliphatic rings. The number of anilines is 2. The Kier molecular flexibility index (Phi) is 2.44. The fourth-order valence-electron chi connectivity index (χ4n) is 1.59. The summed E-state index contributed by atoms with van der Waals surface area (Å²) >= 11 is 0. The molecule has 0 radical (unpaired) electrons. The van der Waals surface area contributed by atoms with E-state index in [0.717, 1.165) is 10.9 Å². The molecule has 1 aromatic carbocycles. The Labute approximate surface area is 92.4 Å². The lowest BCUT2D eigenvalue weighted by atomic mass is 10.2. The number of fused-ring (bicyclic) bond motifs is 1. The molecule has 0 aliphatic heterocycles. The number of carbonyl (C=O) groups is 1. The molecule has 0 unspecified atom stereocenters. The van der Waals surface area contributed by atoms with E-state index in [1.807, 2.05) is 0 Å². The lowest BCUT2D eigenvalue weighted by Crippen LogP contribution is -2.07. The number of hydrogen-bond acceptors (Lipinski definition) is 4. The topological polar surface area (TPSA) is 94.1 Å². The summed E-state index contributed by atoms with van der Waals surface area (Å²) in [7, 11) is 0. The summed E-state index contributed by atoms with van der Waals surface area (Å²) in [5.41, 5.74) is 13.5. The van der Waals surface area contributed by atoms with Crippen molar-refractivity contribution in [3.63, 3.8) is 0 Å². The number of H-pyrrole nitrogens is 1. The molecule has 16 heavy (non-hydrogen) atoms. The maximum atomic E-state index is 11.6. The minimum absolute atomic E-state index is 0.280. The van der Waals surface area contributed by atoms with E-state index in [4.69, 9.17) is 16.2 Å². The second-order valence-corrected chi connectivity index (χ2v) is 3.44. The fraction of sp³-hybridized carbons (Fsp3) is 0.182. The van der Waals surface area contributed by atoms with Crippen molar-refractivity contribution in [1.29, 1.82) is 0 Å². The zero-order valence-corrected chi connectivity index (χ0v) is 8.91. The first-order valence-corrected chi connectivity index (χ1v) is 4.97. The number of esters is 1. The predicted octanol–water partition coefficient (Wildman–Crippen LogP) is 1.51. The van der Waals surface area contributed by atoms with Gasteiger partial charge >= 0.3 is 5.97 Å².